The number of rotatable bonds is 6. The fourth-order valence-corrected chi connectivity index (χ4v) is 3.55. The number of halogens is 2. The minimum absolute atomic E-state index is 0. The number of hydrogen-bond donors (Lipinski definition) is 2. The van der Waals surface area contributed by atoms with E-state index in [0.29, 0.717) is 19.0 Å². The largest absolute Gasteiger partial charge is 0.352 e. The summed E-state index contributed by atoms with van der Waals surface area (Å²) in [5.74, 6) is 2.19. The van der Waals surface area contributed by atoms with E-state index in [1.165, 1.54) is 6.07 Å². The molecule has 0 atom stereocenters. The highest BCUT2D eigenvalue weighted by Gasteiger charge is 2.09. The summed E-state index contributed by atoms with van der Waals surface area (Å²) in [7, 11) is 3.74. The normalized spacial score (nSPS) is 11.4. The number of imidazole rings is 1. The molecule has 0 aliphatic heterocycles. The van der Waals surface area contributed by atoms with Crippen LogP contribution in [0.25, 0.3) is 11.0 Å². The van der Waals surface area contributed by atoms with E-state index in [0.717, 1.165) is 33.7 Å². The van der Waals surface area contributed by atoms with Gasteiger partial charge in [0.2, 0.25) is 0 Å². The Morgan fingerprint density at radius 1 is 1.14 bits per heavy atom. The number of aliphatic imine (C=N–C) groups is 1. The molecule has 0 fully saturated rings. The van der Waals surface area contributed by atoms with E-state index in [4.69, 9.17) is 0 Å². The number of thioether (sulfide) groups is 1. The molecule has 8 heteroatoms. The van der Waals surface area contributed by atoms with Crippen molar-refractivity contribution in [1.82, 2.24) is 20.2 Å². The summed E-state index contributed by atoms with van der Waals surface area (Å²) < 4.78 is 15.6. The molecule has 0 saturated carbocycles. The van der Waals surface area contributed by atoms with Gasteiger partial charge in [0.15, 0.2) is 5.96 Å². The average Bonchev–Trinajstić information content (AvgIpc) is 3.00. The minimum Gasteiger partial charge on any atom is -0.352 e. The molecule has 0 unspecified atom stereocenters. The van der Waals surface area contributed by atoms with Crippen LogP contribution in [0.15, 0.2) is 47.5 Å². The number of hydrogen-bond acceptors (Lipinski definition) is 3. The van der Waals surface area contributed by atoms with Crippen LogP contribution in [0, 0.1) is 5.82 Å². The van der Waals surface area contributed by atoms with Crippen molar-refractivity contribution >= 4 is 52.7 Å². The lowest BCUT2D eigenvalue weighted by Crippen LogP contribution is -2.37. The predicted molar refractivity (Wildman–Crippen MR) is 127 cm³/mol. The molecule has 0 radical (unpaired) electrons. The number of fused-ring (bicyclic) bond motifs is 1. The van der Waals surface area contributed by atoms with Crippen LogP contribution in [0.5, 0.6) is 0 Å². The van der Waals surface area contributed by atoms with Crippen LogP contribution >= 0.6 is 35.7 Å². The zero-order valence-corrected chi connectivity index (χ0v) is 19.3. The second kappa shape index (κ2) is 10.7. The van der Waals surface area contributed by atoms with Gasteiger partial charge in [0, 0.05) is 26.4 Å². The fraction of sp³-hybridized carbons (Fsp3) is 0.300. The number of nitrogens with one attached hydrogen (secondary N) is 2. The summed E-state index contributed by atoms with van der Waals surface area (Å²) in [6.07, 6.45) is 2.01. The summed E-state index contributed by atoms with van der Waals surface area (Å²) in [6.45, 7) is 1.14. The van der Waals surface area contributed by atoms with Crippen molar-refractivity contribution < 1.29 is 4.39 Å². The number of guanidine groups is 1. The molecule has 3 rings (SSSR count). The van der Waals surface area contributed by atoms with Gasteiger partial charge in [-0.3, -0.25) is 4.99 Å². The molecule has 0 saturated heterocycles. The molecule has 3 aromatic rings. The topological polar surface area (TPSA) is 54.2 Å². The zero-order valence-electron chi connectivity index (χ0n) is 16.2. The predicted octanol–water partition coefficient (Wildman–Crippen LogP) is 4.06. The van der Waals surface area contributed by atoms with Gasteiger partial charge in [-0.25, -0.2) is 9.37 Å². The smallest absolute Gasteiger partial charge is 0.191 e. The Balaban J connectivity index is 0.00000280. The maximum Gasteiger partial charge on any atom is 0.191 e. The van der Waals surface area contributed by atoms with Gasteiger partial charge in [-0.15, -0.1) is 24.0 Å². The molecule has 150 valence electrons. The lowest BCUT2D eigenvalue weighted by molar-refractivity contribution is 0.625. The number of aryl methyl sites for hydroxylation is 1. The molecular formula is C20H25FIN5S. The first-order valence-corrected chi connectivity index (χ1v) is 10.1. The zero-order chi connectivity index (χ0) is 19.2. The van der Waals surface area contributed by atoms with Gasteiger partial charge >= 0.3 is 0 Å². The summed E-state index contributed by atoms with van der Waals surface area (Å²) in [5, 5.41) is 6.59. The molecule has 0 amide bonds. The van der Waals surface area contributed by atoms with Gasteiger partial charge in [0.05, 0.1) is 17.6 Å². The van der Waals surface area contributed by atoms with E-state index in [2.05, 4.69) is 31.2 Å². The standard InChI is InChI=1S/C20H24FN5S.HI/c1-22-20(23-11-14-8-9-16(21)10-15(14)13-27-3)24-12-19-25-17-6-4-5-7-18(17)26(19)2;/h4-10H,11-13H2,1-3H3,(H2,22,23,24);1H. The van der Waals surface area contributed by atoms with Crippen LogP contribution in [-0.4, -0.2) is 28.8 Å². The summed E-state index contributed by atoms with van der Waals surface area (Å²) in [5.41, 5.74) is 4.15. The first-order valence-electron chi connectivity index (χ1n) is 8.73. The molecule has 1 aromatic heterocycles. The molecule has 0 bridgehead atoms. The third kappa shape index (κ3) is 5.38. The Morgan fingerprint density at radius 2 is 1.89 bits per heavy atom. The molecular weight excluding hydrogens is 488 g/mol. The maximum atomic E-state index is 13.5. The molecule has 2 N–H and O–H groups in total. The van der Waals surface area contributed by atoms with Crippen LogP contribution in [0.3, 0.4) is 0 Å². The van der Waals surface area contributed by atoms with E-state index >= 15 is 0 Å². The summed E-state index contributed by atoms with van der Waals surface area (Å²) >= 11 is 1.68. The molecule has 28 heavy (non-hydrogen) atoms. The lowest BCUT2D eigenvalue weighted by Gasteiger charge is -2.14. The Hall–Kier alpha value is -1.81. The fourth-order valence-electron chi connectivity index (χ4n) is 2.97. The van der Waals surface area contributed by atoms with Crippen molar-refractivity contribution in [2.45, 2.75) is 18.8 Å². The van der Waals surface area contributed by atoms with Crippen molar-refractivity contribution in [2.75, 3.05) is 13.3 Å². The van der Waals surface area contributed by atoms with Crippen molar-refractivity contribution in [1.29, 1.82) is 0 Å². The SMILES string of the molecule is CN=C(NCc1ccc(F)cc1CSC)NCc1nc2ccccc2n1C.I. The minimum atomic E-state index is -0.202. The molecule has 2 aromatic carbocycles. The van der Waals surface area contributed by atoms with Crippen LogP contribution in [-0.2, 0) is 25.9 Å². The third-order valence-corrected chi connectivity index (χ3v) is 5.03. The van der Waals surface area contributed by atoms with Gasteiger partial charge in [-0.1, -0.05) is 18.2 Å². The van der Waals surface area contributed by atoms with Gasteiger partial charge in [0.25, 0.3) is 0 Å². The van der Waals surface area contributed by atoms with Crippen LogP contribution in [0.1, 0.15) is 17.0 Å². The van der Waals surface area contributed by atoms with E-state index in [1.54, 1.807) is 24.9 Å². The summed E-state index contributed by atoms with van der Waals surface area (Å²) in [4.78, 5) is 8.93. The molecule has 5 nitrogen and oxygen atoms in total. The molecule has 1 heterocycles. The third-order valence-electron chi connectivity index (χ3n) is 4.43. The van der Waals surface area contributed by atoms with E-state index in [9.17, 15) is 4.39 Å². The quantitative estimate of drug-likeness (QED) is 0.297. The van der Waals surface area contributed by atoms with Crippen LogP contribution in [0.2, 0.25) is 0 Å². The van der Waals surface area contributed by atoms with Crippen LogP contribution in [0.4, 0.5) is 4.39 Å². The van der Waals surface area contributed by atoms with E-state index in [-0.39, 0.29) is 29.8 Å². The van der Waals surface area contributed by atoms with Crippen molar-refractivity contribution in [2.24, 2.45) is 12.0 Å². The van der Waals surface area contributed by atoms with Gasteiger partial charge < -0.3 is 15.2 Å². The Kier molecular flexibility index (Phi) is 8.56. The van der Waals surface area contributed by atoms with Gasteiger partial charge in [-0.05, 0) is 41.6 Å². The second-order valence-corrected chi connectivity index (χ2v) is 7.07. The number of benzene rings is 2. The van der Waals surface area contributed by atoms with Crippen molar-refractivity contribution in [3.63, 3.8) is 0 Å². The number of para-hydroxylation sites is 2. The lowest BCUT2D eigenvalue weighted by atomic mass is 10.1. The summed E-state index contributed by atoms with van der Waals surface area (Å²) in [6, 6.07) is 13.0. The number of aromatic nitrogens is 2. The second-order valence-electron chi connectivity index (χ2n) is 6.20. The molecule has 0 aliphatic rings. The number of nitrogens with zero attached hydrogens (tertiary/aromatic N) is 3. The van der Waals surface area contributed by atoms with Crippen molar-refractivity contribution in [3.8, 4) is 0 Å². The van der Waals surface area contributed by atoms with Gasteiger partial charge in [-0.2, -0.15) is 11.8 Å². The van der Waals surface area contributed by atoms with Crippen molar-refractivity contribution in [3.05, 3.63) is 65.2 Å². The maximum absolute atomic E-state index is 13.5. The Morgan fingerprint density at radius 3 is 2.61 bits per heavy atom. The highest BCUT2D eigenvalue weighted by molar-refractivity contribution is 14.0. The molecule has 0 aliphatic carbocycles. The first-order chi connectivity index (χ1) is 13.1. The first kappa shape index (κ1) is 22.5. The molecule has 0 spiro atoms. The van der Waals surface area contributed by atoms with Crippen LogP contribution < -0.4 is 10.6 Å². The monoisotopic (exact) mass is 513 g/mol. The van der Waals surface area contributed by atoms with E-state index < -0.39 is 0 Å². The highest BCUT2D eigenvalue weighted by Crippen LogP contribution is 2.17. The van der Waals surface area contributed by atoms with E-state index in [1.807, 2.05) is 37.6 Å². The highest BCUT2D eigenvalue weighted by atomic mass is 127. The Bertz CT molecular complexity index is 957. The Labute approximate surface area is 186 Å². The van der Waals surface area contributed by atoms with Gasteiger partial charge in [0.1, 0.15) is 11.6 Å². The average molecular weight is 513 g/mol.